The number of esters is 1. The molecule has 0 amide bonds. The maximum atomic E-state index is 12.2. The zero-order chi connectivity index (χ0) is 15.7. The minimum atomic E-state index is -0.272. The van der Waals surface area contributed by atoms with Crippen LogP contribution in [0, 0.1) is 6.92 Å². The molecule has 0 fully saturated rings. The normalized spacial score (nSPS) is 11.0. The van der Waals surface area contributed by atoms with Crippen molar-refractivity contribution in [1.82, 2.24) is 9.13 Å². The highest BCUT2D eigenvalue weighted by Crippen LogP contribution is 2.23. The molecule has 2 heterocycles. The van der Waals surface area contributed by atoms with Gasteiger partial charge in [-0.3, -0.25) is 0 Å². The van der Waals surface area contributed by atoms with Gasteiger partial charge in [0, 0.05) is 19.8 Å². The highest BCUT2D eigenvalue weighted by atomic mass is 16.5. The topological polar surface area (TPSA) is 36.2 Å². The Hall–Kier alpha value is -2.49. The summed E-state index contributed by atoms with van der Waals surface area (Å²) in [7, 11) is 1.98. The summed E-state index contributed by atoms with van der Waals surface area (Å²) in [5, 5.41) is 0. The fourth-order valence-corrected chi connectivity index (χ4v) is 2.81. The predicted octanol–water partition coefficient (Wildman–Crippen LogP) is 3.51. The molecular weight excluding hydrogens is 276 g/mol. The van der Waals surface area contributed by atoms with Crippen LogP contribution < -0.4 is 0 Å². The van der Waals surface area contributed by atoms with Gasteiger partial charge in [-0.2, -0.15) is 0 Å². The first-order chi connectivity index (χ1) is 10.6. The number of aromatic nitrogens is 2. The van der Waals surface area contributed by atoms with Crippen LogP contribution in [0.25, 0.3) is 11.0 Å². The Balaban J connectivity index is 2.09. The predicted molar refractivity (Wildman–Crippen MR) is 87.1 cm³/mol. The number of benzene rings is 1. The molecule has 3 rings (SSSR count). The number of hydrogen-bond donors (Lipinski definition) is 0. The summed E-state index contributed by atoms with van der Waals surface area (Å²) in [5.41, 5.74) is 5.07. The van der Waals surface area contributed by atoms with Crippen LogP contribution in [0.2, 0.25) is 0 Å². The number of carbonyl (C=O) groups is 1. The highest BCUT2D eigenvalue weighted by Gasteiger charge is 2.18. The molecule has 3 aromatic rings. The Labute approximate surface area is 129 Å². The van der Waals surface area contributed by atoms with E-state index >= 15 is 0 Å². The van der Waals surface area contributed by atoms with Crippen LogP contribution in [0.3, 0.4) is 0 Å². The van der Waals surface area contributed by atoms with E-state index in [0.29, 0.717) is 18.8 Å². The number of nitrogens with zero attached hydrogens (tertiary/aromatic N) is 2. The average molecular weight is 296 g/mol. The minimum Gasteiger partial charge on any atom is -0.461 e. The lowest BCUT2D eigenvalue weighted by atomic mass is 10.1. The van der Waals surface area contributed by atoms with E-state index in [2.05, 4.69) is 25.1 Å². The smallest absolute Gasteiger partial charge is 0.355 e. The molecule has 0 aliphatic heterocycles. The molecule has 0 saturated carbocycles. The van der Waals surface area contributed by atoms with E-state index in [4.69, 9.17) is 4.74 Å². The van der Waals surface area contributed by atoms with Gasteiger partial charge in [0.2, 0.25) is 0 Å². The third-order valence-corrected chi connectivity index (χ3v) is 3.86. The second-order valence-electron chi connectivity index (χ2n) is 5.52. The first-order valence-corrected chi connectivity index (χ1v) is 7.47. The molecule has 1 aromatic carbocycles. The summed E-state index contributed by atoms with van der Waals surface area (Å²) in [4.78, 5) is 12.2. The molecule has 2 aromatic heterocycles. The molecule has 0 unspecified atom stereocenters. The van der Waals surface area contributed by atoms with Gasteiger partial charge in [-0.05, 0) is 31.5 Å². The van der Waals surface area contributed by atoms with Crippen molar-refractivity contribution in [3.8, 4) is 0 Å². The number of rotatable bonds is 4. The number of ether oxygens (including phenoxy) is 1. The van der Waals surface area contributed by atoms with Crippen molar-refractivity contribution in [1.29, 1.82) is 0 Å². The molecule has 0 N–H and O–H groups in total. The summed E-state index contributed by atoms with van der Waals surface area (Å²) in [5.74, 6) is -0.272. The Bertz CT molecular complexity index is 827. The second-order valence-corrected chi connectivity index (χ2v) is 5.52. The molecule has 22 heavy (non-hydrogen) atoms. The van der Waals surface area contributed by atoms with E-state index in [9.17, 15) is 4.79 Å². The van der Waals surface area contributed by atoms with E-state index in [0.717, 1.165) is 11.0 Å². The Kier molecular flexibility index (Phi) is 3.75. The SMILES string of the molecule is CCOC(=O)c1cc2c(ccn2C)n1Cc1cccc(C)c1. The van der Waals surface area contributed by atoms with Crippen molar-refractivity contribution in [3.05, 3.63) is 59.4 Å². The molecule has 0 atom stereocenters. The van der Waals surface area contributed by atoms with Crippen LogP contribution in [0.15, 0.2) is 42.6 Å². The number of fused-ring (bicyclic) bond motifs is 1. The number of aryl methyl sites for hydroxylation is 2. The van der Waals surface area contributed by atoms with Gasteiger partial charge in [-0.1, -0.05) is 29.8 Å². The molecule has 114 valence electrons. The Morgan fingerprint density at radius 2 is 2.00 bits per heavy atom. The maximum Gasteiger partial charge on any atom is 0.355 e. The van der Waals surface area contributed by atoms with E-state index < -0.39 is 0 Å². The fraction of sp³-hybridized carbons (Fsp3) is 0.278. The maximum absolute atomic E-state index is 12.2. The average Bonchev–Trinajstić information content (AvgIpc) is 3.01. The van der Waals surface area contributed by atoms with Crippen molar-refractivity contribution in [3.63, 3.8) is 0 Å². The van der Waals surface area contributed by atoms with Gasteiger partial charge >= 0.3 is 5.97 Å². The molecular formula is C18H20N2O2. The van der Waals surface area contributed by atoms with Crippen LogP contribution in [0.5, 0.6) is 0 Å². The van der Waals surface area contributed by atoms with Crippen molar-refractivity contribution < 1.29 is 9.53 Å². The molecule has 4 nitrogen and oxygen atoms in total. The summed E-state index contributed by atoms with van der Waals surface area (Å²) in [6.07, 6.45) is 2.01. The molecule has 0 saturated heterocycles. The van der Waals surface area contributed by atoms with Gasteiger partial charge in [-0.15, -0.1) is 0 Å². The van der Waals surface area contributed by atoms with Crippen LogP contribution in [0.1, 0.15) is 28.5 Å². The van der Waals surface area contributed by atoms with Crippen molar-refractivity contribution in [2.24, 2.45) is 7.05 Å². The number of carbonyl (C=O) groups excluding carboxylic acids is 1. The van der Waals surface area contributed by atoms with Gasteiger partial charge in [0.25, 0.3) is 0 Å². The van der Waals surface area contributed by atoms with Gasteiger partial charge in [0.1, 0.15) is 5.69 Å². The van der Waals surface area contributed by atoms with Crippen molar-refractivity contribution in [2.75, 3.05) is 6.61 Å². The Morgan fingerprint density at radius 3 is 2.73 bits per heavy atom. The summed E-state index contributed by atoms with van der Waals surface area (Å²) in [6.45, 7) is 4.93. The summed E-state index contributed by atoms with van der Waals surface area (Å²) < 4.78 is 9.25. The molecule has 0 aliphatic carbocycles. The van der Waals surface area contributed by atoms with Gasteiger partial charge < -0.3 is 13.9 Å². The van der Waals surface area contributed by atoms with E-state index in [-0.39, 0.29) is 5.97 Å². The van der Waals surface area contributed by atoms with Crippen molar-refractivity contribution >= 4 is 17.0 Å². The Morgan fingerprint density at radius 1 is 1.18 bits per heavy atom. The van der Waals surface area contributed by atoms with Gasteiger partial charge in [-0.25, -0.2) is 4.79 Å². The van der Waals surface area contributed by atoms with Crippen LogP contribution >= 0.6 is 0 Å². The first kappa shape index (κ1) is 14.4. The monoisotopic (exact) mass is 296 g/mol. The van der Waals surface area contributed by atoms with Gasteiger partial charge in [0.05, 0.1) is 17.6 Å². The molecule has 0 aliphatic rings. The van der Waals surface area contributed by atoms with Crippen LogP contribution in [-0.4, -0.2) is 21.7 Å². The third kappa shape index (κ3) is 2.52. The zero-order valence-electron chi connectivity index (χ0n) is 13.2. The number of hydrogen-bond acceptors (Lipinski definition) is 2. The largest absolute Gasteiger partial charge is 0.461 e. The lowest BCUT2D eigenvalue weighted by Crippen LogP contribution is -2.12. The summed E-state index contributed by atoms with van der Waals surface area (Å²) >= 11 is 0. The molecule has 0 radical (unpaired) electrons. The lowest BCUT2D eigenvalue weighted by molar-refractivity contribution is 0.0515. The van der Waals surface area contributed by atoms with E-state index in [1.807, 2.05) is 47.5 Å². The van der Waals surface area contributed by atoms with E-state index in [1.54, 1.807) is 0 Å². The quantitative estimate of drug-likeness (QED) is 0.691. The first-order valence-electron chi connectivity index (χ1n) is 7.47. The molecule has 0 bridgehead atoms. The second kappa shape index (κ2) is 5.72. The highest BCUT2D eigenvalue weighted by molar-refractivity contribution is 5.95. The van der Waals surface area contributed by atoms with Crippen molar-refractivity contribution in [2.45, 2.75) is 20.4 Å². The molecule has 0 spiro atoms. The standard InChI is InChI=1S/C18H20N2O2/c1-4-22-18(21)17-11-16-15(8-9-19(16)3)20(17)12-14-7-5-6-13(2)10-14/h5-11H,4,12H2,1-3H3. The zero-order valence-corrected chi connectivity index (χ0v) is 13.2. The molecule has 4 heteroatoms. The van der Waals surface area contributed by atoms with E-state index in [1.165, 1.54) is 11.1 Å². The van der Waals surface area contributed by atoms with Crippen LogP contribution in [0.4, 0.5) is 0 Å². The minimum absolute atomic E-state index is 0.272. The lowest BCUT2D eigenvalue weighted by Gasteiger charge is -2.10. The third-order valence-electron chi connectivity index (χ3n) is 3.86. The summed E-state index contributed by atoms with van der Waals surface area (Å²) in [6, 6.07) is 12.3. The fourth-order valence-electron chi connectivity index (χ4n) is 2.81. The van der Waals surface area contributed by atoms with Gasteiger partial charge in [0.15, 0.2) is 0 Å². The van der Waals surface area contributed by atoms with Crippen LogP contribution in [-0.2, 0) is 18.3 Å².